The third-order valence-corrected chi connectivity index (χ3v) is 3.07. The first-order valence-electron chi connectivity index (χ1n) is 3.74. The molecule has 0 bridgehead atoms. The van der Waals surface area contributed by atoms with E-state index < -0.39 is 0 Å². The van der Waals surface area contributed by atoms with Gasteiger partial charge >= 0.3 is 0 Å². The van der Waals surface area contributed by atoms with Gasteiger partial charge in [0.1, 0.15) is 0 Å². The molecule has 0 aliphatic carbocycles. The minimum atomic E-state index is 0.290. The second kappa shape index (κ2) is 4.83. The van der Waals surface area contributed by atoms with Crippen molar-refractivity contribution in [2.45, 2.75) is 26.2 Å². The third kappa shape index (κ3) is 2.78. The summed E-state index contributed by atoms with van der Waals surface area (Å²) in [6.45, 7) is 2.24. The van der Waals surface area contributed by atoms with Crippen molar-refractivity contribution < 1.29 is 0 Å². The lowest BCUT2D eigenvalue weighted by Gasteiger charge is -2.00. The normalized spacial score (nSPS) is 16.3. The molecule has 1 heteroatoms. The van der Waals surface area contributed by atoms with Gasteiger partial charge in [-0.3, -0.25) is 0 Å². The second-order valence-electron chi connectivity index (χ2n) is 2.39. The zero-order valence-electron chi connectivity index (χ0n) is 6.31. The highest BCUT2D eigenvalue weighted by atomic mass is 127. The number of hydrogen-bond acceptors (Lipinski definition) is 0. The molecule has 1 rings (SSSR count). The summed E-state index contributed by atoms with van der Waals surface area (Å²) >= 11 is 0.290. The topological polar surface area (TPSA) is 0 Å². The number of allylic oxidation sites excluding steroid dienone is 3. The van der Waals surface area contributed by atoms with Crippen LogP contribution in [-0.2, 0) is 0 Å². The molecule has 0 aromatic rings. The summed E-state index contributed by atoms with van der Waals surface area (Å²) in [5.41, 5.74) is 1.52. The summed E-state index contributed by atoms with van der Waals surface area (Å²) < 4.78 is 4.67. The molecular formula is C9H13I. The molecule has 1 aliphatic heterocycles. The second-order valence-corrected chi connectivity index (χ2v) is 4.55. The molecule has 0 aromatic heterocycles. The lowest BCUT2D eigenvalue weighted by atomic mass is 10.1. The molecule has 1 heterocycles. The number of hydrogen-bond donors (Lipinski definition) is 0. The smallest absolute Gasteiger partial charge is 0.0279 e. The minimum absolute atomic E-state index is 0.290. The Morgan fingerprint density at radius 1 is 1.50 bits per heavy atom. The van der Waals surface area contributed by atoms with Crippen molar-refractivity contribution >= 4 is 24.7 Å². The highest BCUT2D eigenvalue weighted by Crippen LogP contribution is 2.14. The average molecular weight is 248 g/mol. The molecule has 0 saturated heterocycles. The summed E-state index contributed by atoms with van der Waals surface area (Å²) in [7, 11) is 0. The molecule has 0 atom stereocenters. The Morgan fingerprint density at radius 3 is 3.00 bits per heavy atom. The van der Waals surface area contributed by atoms with E-state index in [0.29, 0.717) is 0 Å². The van der Waals surface area contributed by atoms with Crippen LogP contribution in [-0.4, -0.2) is 4.01 Å². The van der Waals surface area contributed by atoms with Gasteiger partial charge in [-0.1, -0.05) is 46.2 Å². The molecule has 0 amide bonds. The van der Waals surface area contributed by atoms with Crippen molar-refractivity contribution in [1.29, 1.82) is 0 Å². The van der Waals surface area contributed by atoms with E-state index in [9.17, 15) is 0 Å². The van der Waals surface area contributed by atoms with Gasteiger partial charge < -0.3 is 0 Å². The maximum atomic E-state index is 2.34. The fourth-order valence-corrected chi connectivity index (χ4v) is 2.46. The van der Waals surface area contributed by atoms with Crippen LogP contribution in [0, 0.1) is 0 Å². The lowest BCUT2D eigenvalue weighted by Crippen LogP contribution is -1.81. The Kier molecular flexibility index (Phi) is 3.95. The Labute approximate surface area is 72.8 Å². The van der Waals surface area contributed by atoms with Crippen LogP contribution in [0.2, 0.25) is 0 Å². The van der Waals surface area contributed by atoms with Crippen LogP contribution < -0.4 is 0 Å². The molecule has 0 saturated carbocycles. The molecular weight excluding hydrogens is 235 g/mol. The maximum absolute atomic E-state index is 2.34. The van der Waals surface area contributed by atoms with E-state index >= 15 is 0 Å². The largest absolute Gasteiger partial charge is 0.0937 e. The van der Waals surface area contributed by atoms with Gasteiger partial charge in [0, 0.05) is 0 Å². The Morgan fingerprint density at radius 2 is 2.40 bits per heavy atom. The summed E-state index contributed by atoms with van der Waals surface area (Å²) in [5, 5.41) is 0. The Hall–Kier alpha value is 0.0800. The van der Waals surface area contributed by atoms with Gasteiger partial charge in [-0.2, -0.15) is 0 Å². The van der Waals surface area contributed by atoms with Gasteiger partial charge in [-0.25, -0.2) is 0 Å². The van der Waals surface area contributed by atoms with Crippen LogP contribution >= 0.6 is 20.7 Å². The van der Waals surface area contributed by atoms with Gasteiger partial charge in [-0.15, -0.1) is 0 Å². The van der Waals surface area contributed by atoms with Gasteiger partial charge in [0.05, 0.1) is 0 Å². The quantitative estimate of drug-likeness (QED) is 0.671. The zero-order valence-corrected chi connectivity index (χ0v) is 8.47. The molecule has 0 nitrogen and oxygen atoms in total. The zero-order chi connectivity index (χ0) is 7.23. The van der Waals surface area contributed by atoms with Gasteiger partial charge in [0.25, 0.3) is 0 Å². The van der Waals surface area contributed by atoms with Crippen molar-refractivity contribution in [3.05, 3.63) is 21.8 Å². The van der Waals surface area contributed by atoms with Crippen molar-refractivity contribution in [2.75, 3.05) is 0 Å². The third-order valence-electron chi connectivity index (χ3n) is 1.52. The highest BCUT2D eigenvalue weighted by molar-refractivity contribution is 14.2. The first-order valence-corrected chi connectivity index (χ1v) is 6.23. The molecule has 0 N–H and O–H groups in total. The SMILES string of the molecule is CCCCC1=CC=IC=C1. The average Bonchev–Trinajstić information content (AvgIpc) is 2.03. The maximum Gasteiger partial charge on any atom is -0.0279 e. The minimum Gasteiger partial charge on any atom is -0.0937 e. The van der Waals surface area contributed by atoms with E-state index in [1.54, 1.807) is 0 Å². The molecule has 0 unspecified atom stereocenters. The number of halogens is 1. The molecule has 56 valence electrons. The van der Waals surface area contributed by atoms with E-state index in [1.807, 2.05) is 0 Å². The van der Waals surface area contributed by atoms with Crippen molar-refractivity contribution in [3.8, 4) is 0 Å². The Balaban J connectivity index is 2.35. The van der Waals surface area contributed by atoms with E-state index in [-0.39, 0.29) is 20.7 Å². The van der Waals surface area contributed by atoms with Crippen LogP contribution in [0.3, 0.4) is 0 Å². The van der Waals surface area contributed by atoms with E-state index in [4.69, 9.17) is 0 Å². The molecule has 0 fully saturated rings. The van der Waals surface area contributed by atoms with E-state index in [1.165, 1.54) is 24.8 Å². The van der Waals surface area contributed by atoms with Gasteiger partial charge in [0.2, 0.25) is 0 Å². The van der Waals surface area contributed by atoms with Crippen LogP contribution in [0.4, 0.5) is 0 Å². The fraction of sp³-hybridized carbons (Fsp3) is 0.444. The van der Waals surface area contributed by atoms with Crippen molar-refractivity contribution in [2.24, 2.45) is 0 Å². The van der Waals surface area contributed by atoms with Crippen LogP contribution in [0.25, 0.3) is 0 Å². The van der Waals surface area contributed by atoms with Crippen LogP contribution in [0.1, 0.15) is 26.2 Å². The van der Waals surface area contributed by atoms with Crippen molar-refractivity contribution in [1.82, 2.24) is 0 Å². The standard InChI is InChI=1S/C9H13I/c1-2-3-4-9-5-7-10-8-6-9/h5-8H,2-4H2,1H3. The first-order chi connectivity index (χ1) is 4.93. The number of rotatable bonds is 3. The summed E-state index contributed by atoms with van der Waals surface area (Å²) in [6, 6.07) is 0. The van der Waals surface area contributed by atoms with Gasteiger partial charge in [-0.05, 0) is 26.5 Å². The summed E-state index contributed by atoms with van der Waals surface area (Å²) in [4.78, 5) is 0. The highest BCUT2D eigenvalue weighted by Gasteiger charge is 1.91. The van der Waals surface area contributed by atoms with Crippen LogP contribution in [0.15, 0.2) is 21.8 Å². The molecule has 1 aliphatic rings. The molecule has 0 spiro atoms. The first kappa shape index (κ1) is 8.18. The van der Waals surface area contributed by atoms with E-state index in [0.717, 1.165) is 0 Å². The lowest BCUT2D eigenvalue weighted by molar-refractivity contribution is 0.799. The molecule has 10 heavy (non-hydrogen) atoms. The predicted octanol–water partition coefficient (Wildman–Crippen LogP) is 3.40. The predicted molar refractivity (Wildman–Crippen MR) is 56.8 cm³/mol. The fourth-order valence-electron chi connectivity index (χ4n) is 0.880. The number of unbranched alkanes of at least 4 members (excludes halogenated alkanes) is 1. The van der Waals surface area contributed by atoms with Crippen LogP contribution in [0.5, 0.6) is 0 Å². The van der Waals surface area contributed by atoms with E-state index in [2.05, 4.69) is 27.2 Å². The van der Waals surface area contributed by atoms with Crippen molar-refractivity contribution in [3.63, 3.8) is 0 Å². The Bertz CT molecular complexity index is 175. The summed E-state index contributed by atoms with van der Waals surface area (Å²) in [6.07, 6.45) is 8.50. The molecule has 0 radical (unpaired) electrons. The molecule has 0 aromatic carbocycles. The van der Waals surface area contributed by atoms with Gasteiger partial charge in [0.15, 0.2) is 0 Å². The monoisotopic (exact) mass is 248 g/mol. The summed E-state index contributed by atoms with van der Waals surface area (Å²) in [5.74, 6) is 0.